The number of rotatable bonds is 2. The SMILES string of the molecule is Cl.Clc1sc(CN2CCC3NCCC3C2)cc1Br. The van der Waals surface area contributed by atoms with E-state index in [2.05, 4.69) is 32.2 Å². The molecule has 0 radical (unpaired) electrons. The van der Waals surface area contributed by atoms with Crippen molar-refractivity contribution < 1.29 is 0 Å². The number of hydrogen-bond acceptors (Lipinski definition) is 3. The van der Waals surface area contributed by atoms with Crippen molar-refractivity contribution in [3.63, 3.8) is 0 Å². The van der Waals surface area contributed by atoms with Gasteiger partial charge in [-0.15, -0.1) is 23.7 Å². The topological polar surface area (TPSA) is 15.3 Å². The molecule has 0 bridgehead atoms. The maximum absolute atomic E-state index is 6.08. The number of nitrogens with zero attached hydrogens (tertiary/aromatic N) is 1. The van der Waals surface area contributed by atoms with Crippen molar-refractivity contribution in [2.75, 3.05) is 19.6 Å². The van der Waals surface area contributed by atoms with E-state index in [9.17, 15) is 0 Å². The fraction of sp³-hybridized carbons (Fsp3) is 0.667. The van der Waals surface area contributed by atoms with Crippen LogP contribution in [0.25, 0.3) is 0 Å². The summed E-state index contributed by atoms with van der Waals surface area (Å²) in [6.07, 6.45) is 2.64. The highest BCUT2D eigenvalue weighted by molar-refractivity contribution is 9.10. The predicted octanol–water partition coefficient (Wildman–Crippen LogP) is 3.77. The summed E-state index contributed by atoms with van der Waals surface area (Å²) in [7, 11) is 0. The summed E-state index contributed by atoms with van der Waals surface area (Å²) < 4.78 is 1.91. The van der Waals surface area contributed by atoms with Gasteiger partial charge in [0.25, 0.3) is 0 Å². The number of thiophene rings is 1. The fourth-order valence-electron chi connectivity index (χ4n) is 2.96. The molecule has 3 rings (SSSR count). The van der Waals surface area contributed by atoms with Gasteiger partial charge in [0.2, 0.25) is 0 Å². The number of fused-ring (bicyclic) bond motifs is 1. The first-order chi connectivity index (χ1) is 8.22. The van der Waals surface area contributed by atoms with Crippen LogP contribution in [0.2, 0.25) is 4.34 Å². The molecule has 3 heterocycles. The van der Waals surface area contributed by atoms with Crippen molar-refractivity contribution >= 4 is 51.3 Å². The first-order valence-corrected chi connectivity index (χ1v) is 8.10. The molecule has 1 aromatic heterocycles. The fourth-order valence-corrected chi connectivity index (χ4v) is 4.79. The molecule has 1 aromatic rings. The Bertz CT molecular complexity index is 393. The molecule has 2 unspecified atom stereocenters. The van der Waals surface area contributed by atoms with Gasteiger partial charge >= 0.3 is 0 Å². The van der Waals surface area contributed by atoms with Crippen molar-refractivity contribution in [2.24, 2.45) is 5.92 Å². The second kappa shape index (κ2) is 6.42. The zero-order valence-corrected chi connectivity index (χ0v) is 14.0. The molecular weight excluding hydrogens is 355 g/mol. The Morgan fingerprint density at radius 1 is 1.50 bits per heavy atom. The molecule has 2 aliphatic heterocycles. The Morgan fingerprint density at radius 3 is 3.06 bits per heavy atom. The Morgan fingerprint density at radius 2 is 2.33 bits per heavy atom. The van der Waals surface area contributed by atoms with Gasteiger partial charge in [-0.25, -0.2) is 0 Å². The van der Waals surface area contributed by atoms with Crippen molar-refractivity contribution in [3.8, 4) is 0 Å². The highest BCUT2D eigenvalue weighted by atomic mass is 79.9. The predicted molar refractivity (Wildman–Crippen MR) is 84.1 cm³/mol. The Hall–Kier alpha value is 0.680. The lowest BCUT2D eigenvalue weighted by Crippen LogP contribution is -2.43. The van der Waals surface area contributed by atoms with Gasteiger partial charge in [-0.05, 0) is 47.3 Å². The molecule has 2 fully saturated rings. The van der Waals surface area contributed by atoms with Gasteiger partial charge in [0.05, 0.1) is 0 Å². The van der Waals surface area contributed by atoms with E-state index < -0.39 is 0 Å². The van der Waals surface area contributed by atoms with Crippen LogP contribution in [0.15, 0.2) is 10.5 Å². The van der Waals surface area contributed by atoms with Crippen LogP contribution < -0.4 is 5.32 Å². The van der Waals surface area contributed by atoms with E-state index in [0.29, 0.717) is 0 Å². The van der Waals surface area contributed by atoms with E-state index in [1.54, 1.807) is 11.3 Å². The Labute approximate surface area is 132 Å². The molecule has 0 spiro atoms. The summed E-state index contributed by atoms with van der Waals surface area (Å²) in [4.78, 5) is 3.94. The van der Waals surface area contributed by atoms with Crippen LogP contribution in [-0.4, -0.2) is 30.6 Å². The molecule has 0 amide bonds. The average molecular weight is 372 g/mol. The minimum Gasteiger partial charge on any atom is -0.314 e. The third-order valence-electron chi connectivity index (χ3n) is 3.82. The summed E-state index contributed by atoms with van der Waals surface area (Å²) in [5.41, 5.74) is 0. The van der Waals surface area contributed by atoms with Crippen LogP contribution in [-0.2, 0) is 6.54 Å². The lowest BCUT2D eigenvalue weighted by Gasteiger charge is -2.34. The molecule has 6 heteroatoms. The summed E-state index contributed by atoms with van der Waals surface area (Å²) in [5, 5.41) is 3.60. The number of likely N-dealkylation sites (tertiary alicyclic amines) is 1. The lowest BCUT2D eigenvalue weighted by atomic mass is 9.93. The van der Waals surface area contributed by atoms with Crippen molar-refractivity contribution in [2.45, 2.75) is 25.4 Å². The smallest absolute Gasteiger partial charge is 0.107 e. The highest BCUT2D eigenvalue weighted by Crippen LogP contribution is 2.33. The van der Waals surface area contributed by atoms with Gasteiger partial charge in [0.15, 0.2) is 0 Å². The minimum atomic E-state index is 0. The minimum absolute atomic E-state index is 0. The molecule has 2 atom stereocenters. The number of hydrogen-bond donors (Lipinski definition) is 1. The van der Waals surface area contributed by atoms with E-state index >= 15 is 0 Å². The summed E-state index contributed by atoms with van der Waals surface area (Å²) in [6, 6.07) is 2.94. The van der Waals surface area contributed by atoms with Gasteiger partial charge < -0.3 is 5.32 Å². The van der Waals surface area contributed by atoms with Crippen molar-refractivity contribution in [3.05, 3.63) is 19.8 Å². The second-order valence-electron chi connectivity index (χ2n) is 4.97. The molecule has 2 nitrogen and oxygen atoms in total. The van der Waals surface area contributed by atoms with Crippen LogP contribution in [0, 0.1) is 5.92 Å². The molecule has 18 heavy (non-hydrogen) atoms. The monoisotopic (exact) mass is 370 g/mol. The van der Waals surface area contributed by atoms with Crippen molar-refractivity contribution in [1.29, 1.82) is 0 Å². The van der Waals surface area contributed by atoms with Crippen molar-refractivity contribution in [1.82, 2.24) is 10.2 Å². The largest absolute Gasteiger partial charge is 0.314 e. The number of halogens is 3. The zero-order chi connectivity index (χ0) is 11.8. The average Bonchev–Trinajstić information content (AvgIpc) is 2.86. The highest BCUT2D eigenvalue weighted by Gasteiger charge is 2.32. The Balaban J connectivity index is 0.00000120. The number of piperidine rings is 1. The zero-order valence-electron chi connectivity index (χ0n) is 9.99. The van der Waals surface area contributed by atoms with Gasteiger partial charge in [0, 0.05) is 35.0 Å². The van der Waals surface area contributed by atoms with Crippen LogP contribution in [0.5, 0.6) is 0 Å². The van der Waals surface area contributed by atoms with E-state index in [-0.39, 0.29) is 12.4 Å². The second-order valence-corrected chi connectivity index (χ2v) is 7.56. The van der Waals surface area contributed by atoms with Crippen LogP contribution >= 0.6 is 51.3 Å². The van der Waals surface area contributed by atoms with Gasteiger partial charge in [-0.3, -0.25) is 4.90 Å². The first kappa shape index (κ1) is 15.1. The van der Waals surface area contributed by atoms with E-state index in [4.69, 9.17) is 11.6 Å². The molecule has 2 saturated heterocycles. The van der Waals surface area contributed by atoms with Crippen LogP contribution in [0.1, 0.15) is 17.7 Å². The molecule has 0 saturated carbocycles. The summed E-state index contributed by atoms with van der Waals surface area (Å²) >= 11 is 11.2. The third kappa shape index (κ3) is 3.22. The number of nitrogens with one attached hydrogen (secondary N) is 1. The molecule has 0 aliphatic carbocycles. The van der Waals surface area contributed by atoms with Crippen LogP contribution in [0.4, 0.5) is 0 Å². The quantitative estimate of drug-likeness (QED) is 0.851. The van der Waals surface area contributed by atoms with Gasteiger partial charge in [-0.1, -0.05) is 11.6 Å². The van der Waals surface area contributed by atoms with E-state index in [0.717, 1.165) is 27.3 Å². The molecule has 0 aromatic carbocycles. The maximum Gasteiger partial charge on any atom is 0.107 e. The van der Waals surface area contributed by atoms with E-state index in [1.807, 2.05) is 0 Å². The standard InChI is InChI=1S/C12H16BrClN2S.ClH/c13-10-5-9(17-12(10)14)7-16-4-2-11-8(6-16)1-3-15-11;/h5,8,11,15H,1-4,6-7H2;1H. The first-order valence-electron chi connectivity index (χ1n) is 6.12. The van der Waals surface area contributed by atoms with Gasteiger partial charge in [0.1, 0.15) is 4.34 Å². The van der Waals surface area contributed by atoms with Gasteiger partial charge in [-0.2, -0.15) is 0 Å². The molecule has 2 aliphatic rings. The lowest BCUT2D eigenvalue weighted by molar-refractivity contribution is 0.157. The Kier molecular flexibility index (Phi) is 5.38. The summed E-state index contributed by atoms with van der Waals surface area (Å²) in [5.74, 6) is 0.864. The third-order valence-corrected chi connectivity index (χ3v) is 6.27. The molecular formula is C12H17BrCl2N2S. The summed E-state index contributed by atoms with van der Waals surface area (Å²) in [6.45, 7) is 4.71. The van der Waals surface area contributed by atoms with E-state index in [1.165, 1.54) is 37.4 Å². The molecule has 102 valence electrons. The molecule has 1 N–H and O–H groups in total. The van der Waals surface area contributed by atoms with Crippen LogP contribution in [0.3, 0.4) is 0 Å². The maximum atomic E-state index is 6.08. The normalized spacial score (nSPS) is 27.9.